The average molecular weight is 255 g/mol. The second-order valence-corrected chi connectivity index (χ2v) is 5.01. The number of hydrogen-bond acceptors (Lipinski definition) is 2. The molecule has 4 heteroatoms. The summed E-state index contributed by atoms with van der Waals surface area (Å²) in [5.41, 5.74) is 0.656. The van der Waals surface area contributed by atoms with Gasteiger partial charge < -0.3 is 10.1 Å². The molecule has 2 rings (SSSR count). The van der Waals surface area contributed by atoms with E-state index in [2.05, 4.69) is 12.2 Å². The van der Waals surface area contributed by atoms with Crippen molar-refractivity contribution in [1.82, 2.24) is 5.32 Å². The van der Waals surface area contributed by atoms with Crippen molar-refractivity contribution in [2.75, 3.05) is 13.1 Å². The van der Waals surface area contributed by atoms with Gasteiger partial charge in [0.1, 0.15) is 0 Å². The smallest absolute Gasteiger partial charge is 0.263 e. The van der Waals surface area contributed by atoms with Crippen molar-refractivity contribution in [3.8, 4) is 0 Å². The molecule has 1 fully saturated rings. The summed E-state index contributed by atoms with van der Waals surface area (Å²) in [6.45, 7) is 5.58. The van der Waals surface area contributed by atoms with Crippen LogP contribution in [0.5, 0.6) is 0 Å². The van der Waals surface area contributed by atoms with Gasteiger partial charge in [-0.25, -0.2) is 8.78 Å². The highest BCUT2D eigenvalue weighted by Crippen LogP contribution is 2.30. The molecule has 1 aliphatic rings. The number of nitrogens with one attached hydrogen (secondary N) is 1. The van der Waals surface area contributed by atoms with E-state index < -0.39 is 6.43 Å². The topological polar surface area (TPSA) is 21.3 Å². The fraction of sp³-hybridized carbons (Fsp3) is 0.571. The third-order valence-electron chi connectivity index (χ3n) is 3.54. The van der Waals surface area contributed by atoms with Crippen LogP contribution < -0.4 is 5.32 Å². The lowest BCUT2D eigenvalue weighted by molar-refractivity contribution is -0.109. The average Bonchev–Trinajstić information content (AvgIpc) is 2.39. The first-order valence-electron chi connectivity index (χ1n) is 6.30. The van der Waals surface area contributed by atoms with E-state index in [-0.39, 0.29) is 17.3 Å². The van der Waals surface area contributed by atoms with Gasteiger partial charge in [-0.05, 0) is 25.0 Å². The normalized spacial score (nSPS) is 28.6. The maximum absolute atomic E-state index is 12.7. The Morgan fingerprint density at radius 1 is 1.50 bits per heavy atom. The van der Waals surface area contributed by atoms with Crippen LogP contribution in [0.3, 0.4) is 0 Å². The monoisotopic (exact) mass is 255 g/mol. The van der Waals surface area contributed by atoms with Gasteiger partial charge in [-0.3, -0.25) is 0 Å². The molecule has 2 unspecified atom stereocenters. The van der Waals surface area contributed by atoms with E-state index in [0.717, 1.165) is 18.5 Å². The van der Waals surface area contributed by atoms with Crippen LogP contribution in [0.2, 0.25) is 0 Å². The van der Waals surface area contributed by atoms with Gasteiger partial charge in [0.25, 0.3) is 6.43 Å². The molecule has 0 aromatic heterocycles. The molecule has 0 bridgehead atoms. The standard InChI is InChI=1S/C14H19F2NO/c1-3-14(2)9-17-8-12(18-14)10-5-4-6-11(7-10)13(15)16/h4-7,12-13,17H,3,8-9H2,1-2H3. The summed E-state index contributed by atoms with van der Waals surface area (Å²) in [7, 11) is 0. The van der Waals surface area contributed by atoms with Crippen LogP contribution in [-0.4, -0.2) is 18.7 Å². The van der Waals surface area contributed by atoms with Crippen LogP contribution in [0.15, 0.2) is 24.3 Å². The Balaban J connectivity index is 2.18. The molecule has 0 spiro atoms. The maximum atomic E-state index is 12.7. The molecule has 18 heavy (non-hydrogen) atoms. The highest BCUT2D eigenvalue weighted by Gasteiger charge is 2.32. The van der Waals surface area contributed by atoms with E-state index in [1.165, 1.54) is 6.07 Å². The molecule has 2 nitrogen and oxygen atoms in total. The molecule has 0 amide bonds. The van der Waals surface area contributed by atoms with Crippen molar-refractivity contribution in [2.45, 2.75) is 38.4 Å². The molecule has 0 saturated carbocycles. The summed E-state index contributed by atoms with van der Waals surface area (Å²) in [6.07, 6.45) is -1.69. The van der Waals surface area contributed by atoms with E-state index in [1.54, 1.807) is 12.1 Å². The van der Waals surface area contributed by atoms with Gasteiger partial charge in [0.15, 0.2) is 0 Å². The third kappa shape index (κ3) is 2.87. The zero-order valence-electron chi connectivity index (χ0n) is 10.7. The molecule has 1 aromatic rings. The van der Waals surface area contributed by atoms with Crippen LogP contribution in [0.4, 0.5) is 8.78 Å². The minimum absolute atomic E-state index is 0.0554. The van der Waals surface area contributed by atoms with Crippen LogP contribution in [0.1, 0.15) is 43.9 Å². The Kier molecular flexibility index (Phi) is 3.97. The second-order valence-electron chi connectivity index (χ2n) is 5.01. The van der Waals surface area contributed by atoms with E-state index in [9.17, 15) is 8.78 Å². The minimum atomic E-state index is -2.43. The number of halogens is 2. The summed E-state index contributed by atoms with van der Waals surface area (Å²) in [5, 5.41) is 3.31. The van der Waals surface area contributed by atoms with E-state index in [1.807, 2.05) is 13.0 Å². The van der Waals surface area contributed by atoms with E-state index in [0.29, 0.717) is 6.54 Å². The van der Waals surface area contributed by atoms with E-state index in [4.69, 9.17) is 4.74 Å². The van der Waals surface area contributed by atoms with Gasteiger partial charge in [-0.1, -0.05) is 25.1 Å². The highest BCUT2D eigenvalue weighted by molar-refractivity contribution is 5.26. The number of morpholine rings is 1. The number of benzene rings is 1. The summed E-state index contributed by atoms with van der Waals surface area (Å²) in [6, 6.07) is 6.50. The van der Waals surface area contributed by atoms with Gasteiger partial charge in [0.05, 0.1) is 11.7 Å². The first kappa shape index (κ1) is 13.4. The Morgan fingerprint density at radius 3 is 2.94 bits per heavy atom. The molecule has 0 aliphatic carbocycles. The fourth-order valence-corrected chi connectivity index (χ4v) is 2.18. The maximum Gasteiger partial charge on any atom is 0.263 e. The van der Waals surface area contributed by atoms with Gasteiger partial charge >= 0.3 is 0 Å². The zero-order chi connectivity index (χ0) is 13.2. The molecule has 1 saturated heterocycles. The van der Waals surface area contributed by atoms with Crippen molar-refractivity contribution >= 4 is 0 Å². The third-order valence-corrected chi connectivity index (χ3v) is 3.54. The number of ether oxygens (including phenoxy) is 1. The molecule has 1 aromatic carbocycles. The Bertz CT molecular complexity index is 411. The number of rotatable bonds is 3. The molecule has 100 valence electrons. The first-order valence-corrected chi connectivity index (χ1v) is 6.30. The molecule has 0 radical (unpaired) electrons. The summed E-state index contributed by atoms with van der Waals surface area (Å²) in [4.78, 5) is 0. The van der Waals surface area contributed by atoms with Crippen molar-refractivity contribution in [2.24, 2.45) is 0 Å². The van der Waals surface area contributed by atoms with Gasteiger partial charge in [0.2, 0.25) is 0 Å². The molecule has 2 atom stereocenters. The van der Waals surface area contributed by atoms with Crippen LogP contribution in [0.25, 0.3) is 0 Å². The van der Waals surface area contributed by atoms with Crippen LogP contribution in [0, 0.1) is 0 Å². The number of hydrogen-bond donors (Lipinski definition) is 1. The van der Waals surface area contributed by atoms with Gasteiger partial charge in [-0.15, -0.1) is 0 Å². The van der Waals surface area contributed by atoms with Crippen molar-refractivity contribution in [1.29, 1.82) is 0 Å². The SMILES string of the molecule is CCC1(C)CNCC(c2cccc(C(F)F)c2)O1. The van der Waals surface area contributed by atoms with Crippen LogP contribution in [-0.2, 0) is 4.74 Å². The van der Waals surface area contributed by atoms with Gasteiger partial charge in [0, 0.05) is 18.7 Å². The lowest BCUT2D eigenvalue weighted by Gasteiger charge is -2.39. The largest absolute Gasteiger partial charge is 0.365 e. The Morgan fingerprint density at radius 2 is 2.28 bits per heavy atom. The Labute approximate surface area is 106 Å². The molecule has 1 aliphatic heterocycles. The quantitative estimate of drug-likeness (QED) is 0.893. The molecule has 1 N–H and O–H groups in total. The van der Waals surface area contributed by atoms with Gasteiger partial charge in [-0.2, -0.15) is 0 Å². The predicted molar refractivity (Wildman–Crippen MR) is 66.8 cm³/mol. The Hall–Kier alpha value is -1.00. The molecule has 1 heterocycles. The highest BCUT2D eigenvalue weighted by atomic mass is 19.3. The van der Waals surface area contributed by atoms with Crippen molar-refractivity contribution < 1.29 is 13.5 Å². The molecular formula is C14H19F2NO. The predicted octanol–water partition coefficient (Wildman–Crippen LogP) is 3.45. The zero-order valence-corrected chi connectivity index (χ0v) is 10.7. The summed E-state index contributed by atoms with van der Waals surface area (Å²) >= 11 is 0. The molecular weight excluding hydrogens is 236 g/mol. The van der Waals surface area contributed by atoms with Crippen LogP contribution >= 0.6 is 0 Å². The fourth-order valence-electron chi connectivity index (χ4n) is 2.18. The van der Waals surface area contributed by atoms with Crippen molar-refractivity contribution in [3.63, 3.8) is 0 Å². The minimum Gasteiger partial charge on any atom is -0.365 e. The lowest BCUT2D eigenvalue weighted by Crippen LogP contribution is -2.48. The second kappa shape index (κ2) is 5.33. The van der Waals surface area contributed by atoms with E-state index >= 15 is 0 Å². The summed E-state index contributed by atoms with van der Waals surface area (Å²) in [5.74, 6) is 0. The summed E-state index contributed by atoms with van der Waals surface area (Å²) < 4.78 is 31.4. The van der Waals surface area contributed by atoms with Crippen molar-refractivity contribution in [3.05, 3.63) is 35.4 Å². The number of alkyl halides is 2. The first-order chi connectivity index (χ1) is 8.54. The lowest BCUT2D eigenvalue weighted by atomic mass is 9.98.